The number of carbonyl (C=O) groups excluding carboxylic acids is 1. The zero-order valence-electron chi connectivity index (χ0n) is 15.4. The molecule has 0 saturated carbocycles. The molecule has 0 N–H and O–H groups in total. The molecule has 0 spiro atoms. The fourth-order valence-corrected chi connectivity index (χ4v) is 4.40. The van der Waals surface area contributed by atoms with E-state index in [1.807, 2.05) is 18.2 Å². The van der Waals surface area contributed by atoms with Crippen LogP contribution in [-0.2, 0) is 10.0 Å². The number of aromatic nitrogens is 1. The van der Waals surface area contributed by atoms with E-state index in [2.05, 4.69) is 4.98 Å². The summed E-state index contributed by atoms with van der Waals surface area (Å²) in [6.45, 7) is 0.734. The molecule has 1 aliphatic rings. The normalized spacial score (nSPS) is 15.4. The van der Waals surface area contributed by atoms with E-state index in [1.165, 1.54) is 34.8 Å². The first kappa shape index (κ1) is 19.3. The fraction of sp³-hybridized carbons (Fsp3) is 0.200. The van der Waals surface area contributed by atoms with Crippen LogP contribution in [0.25, 0.3) is 11.5 Å². The third-order valence-corrected chi connectivity index (χ3v) is 6.46. The minimum absolute atomic E-state index is 0.136. The van der Waals surface area contributed by atoms with Gasteiger partial charge in [0.25, 0.3) is 21.0 Å². The highest BCUT2D eigenvalue weighted by atomic mass is 32.2. The van der Waals surface area contributed by atoms with Crippen molar-refractivity contribution in [2.45, 2.75) is 5.09 Å². The van der Waals surface area contributed by atoms with Crippen LogP contribution in [0.15, 0.2) is 70.3 Å². The van der Waals surface area contributed by atoms with E-state index >= 15 is 0 Å². The highest BCUT2D eigenvalue weighted by molar-refractivity contribution is 7.89. The summed E-state index contributed by atoms with van der Waals surface area (Å²) in [5.74, 6) is -0.443. The molecule has 1 amide bonds. The Morgan fingerprint density at radius 3 is 2.28 bits per heavy atom. The van der Waals surface area contributed by atoms with Crippen molar-refractivity contribution in [1.29, 1.82) is 0 Å². The van der Waals surface area contributed by atoms with E-state index < -0.39 is 15.8 Å². The highest BCUT2D eigenvalue weighted by Gasteiger charge is 2.33. The molecule has 1 saturated heterocycles. The standard InChI is InChI=1S/C20H18FN3O4S/c21-17-8-6-16(7-9-17)20(25)23-10-12-24(13-11-23)29(26,27)18-14-22-19(28-18)15-4-2-1-3-5-15/h1-9,14H,10-13H2. The summed E-state index contributed by atoms with van der Waals surface area (Å²) in [6, 6.07) is 14.3. The van der Waals surface area contributed by atoms with Gasteiger partial charge in [-0.2, -0.15) is 4.31 Å². The van der Waals surface area contributed by atoms with Gasteiger partial charge in [-0.25, -0.2) is 17.8 Å². The van der Waals surface area contributed by atoms with Gasteiger partial charge in [0.1, 0.15) is 5.82 Å². The summed E-state index contributed by atoms with van der Waals surface area (Å²) in [4.78, 5) is 18.1. The van der Waals surface area contributed by atoms with Crippen LogP contribution in [0.1, 0.15) is 10.4 Å². The topological polar surface area (TPSA) is 83.7 Å². The fourth-order valence-electron chi connectivity index (χ4n) is 3.13. The van der Waals surface area contributed by atoms with Gasteiger partial charge in [0.05, 0.1) is 6.20 Å². The first-order valence-electron chi connectivity index (χ1n) is 9.01. The summed E-state index contributed by atoms with van der Waals surface area (Å²) < 4.78 is 45.5. The van der Waals surface area contributed by atoms with Crippen molar-refractivity contribution in [3.8, 4) is 11.5 Å². The van der Waals surface area contributed by atoms with Gasteiger partial charge >= 0.3 is 0 Å². The van der Waals surface area contributed by atoms with Gasteiger partial charge in [-0.3, -0.25) is 4.79 Å². The minimum atomic E-state index is -3.85. The van der Waals surface area contributed by atoms with Crippen LogP contribution < -0.4 is 0 Å². The maximum Gasteiger partial charge on any atom is 0.278 e. The first-order valence-corrected chi connectivity index (χ1v) is 10.5. The Morgan fingerprint density at radius 1 is 0.966 bits per heavy atom. The summed E-state index contributed by atoms with van der Waals surface area (Å²) in [5, 5.41) is -0.227. The number of halogens is 1. The van der Waals surface area contributed by atoms with Crippen LogP contribution in [0, 0.1) is 5.82 Å². The Morgan fingerprint density at radius 2 is 1.62 bits per heavy atom. The lowest BCUT2D eigenvalue weighted by molar-refractivity contribution is 0.0697. The molecule has 0 unspecified atom stereocenters. The molecular formula is C20H18FN3O4S. The Labute approximate surface area is 167 Å². The lowest BCUT2D eigenvalue weighted by Gasteiger charge is -2.33. The van der Waals surface area contributed by atoms with E-state index in [0.29, 0.717) is 11.1 Å². The summed E-state index contributed by atoms with van der Waals surface area (Å²) in [7, 11) is -3.85. The van der Waals surface area contributed by atoms with Crippen molar-refractivity contribution >= 4 is 15.9 Å². The third-order valence-electron chi connectivity index (χ3n) is 4.72. The molecule has 4 rings (SSSR count). The largest absolute Gasteiger partial charge is 0.423 e. The maximum atomic E-state index is 13.0. The Hall–Kier alpha value is -3.04. The maximum absolute atomic E-state index is 13.0. The number of benzene rings is 2. The molecule has 0 atom stereocenters. The Kier molecular flexibility index (Phi) is 5.16. The van der Waals surface area contributed by atoms with Crippen LogP contribution in [-0.4, -0.2) is 54.7 Å². The van der Waals surface area contributed by atoms with E-state index in [9.17, 15) is 17.6 Å². The van der Waals surface area contributed by atoms with Gasteiger partial charge in [-0.15, -0.1) is 0 Å². The number of oxazole rings is 1. The van der Waals surface area contributed by atoms with Crippen molar-refractivity contribution in [2.24, 2.45) is 0 Å². The average Bonchev–Trinajstić information content (AvgIpc) is 3.26. The summed E-state index contributed by atoms with van der Waals surface area (Å²) in [6.07, 6.45) is 1.20. The first-order chi connectivity index (χ1) is 13.9. The van der Waals surface area contributed by atoms with Gasteiger partial charge in [-0.1, -0.05) is 18.2 Å². The smallest absolute Gasteiger partial charge is 0.278 e. The number of nitrogens with zero attached hydrogens (tertiary/aromatic N) is 3. The predicted molar refractivity (Wildman–Crippen MR) is 103 cm³/mol. The van der Waals surface area contributed by atoms with Crippen LogP contribution in [0.4, 0.5) is 4.39 Å². The van der Waals surface area contributed by atoms with Gasteiger partial charge in [-0.05, 0) is 36.4 Å². The lowest BCUT2D eigenvalue weighted by atomic mass is 10.2. The monoisotopic (exact) mass is 415 g/mol. The van der Waals surface area contributed by atoms with Crippen LogP contribution in [0.5, 0.6) is 0 Å². The Bertz CT molecular complexity index is 1110. The van der Waals surface area contributed by atoms with Crippen LogP contribution in [0.3, 0.4) is 0 Å². The lowest BCUT2D eigenvalue weighted by Crippen LogP contribution is -2.50. The van der Waals surface area contributed by atoms with E-state index in [-0.39, 0.29) is 43.1 Å². The van der Waals surface area contributed by atoms with Gasteiger partial charge < -0.3 is 9.32 Å². The molecular weight excluding hydrogens is 397 g/mol. The average molecular weight is 415 g/mol. The molecule has 0 bridgehead atoms. The number of amides is 1. The van der Waals surface area contributed by atoms with Gasteiger partial charge in [0.15, 0.2) is 0 Å². The number of piperazine rings is 1. The van der Waals surface area contributed by atoms with Gasteiger partial charge in [0.2, 0.25) is 5.89 Å². The zero-order valence-corrected chi connectivity index (χ0v) is 16.2. The summed E-state index contributed by atoms with van der Waals surface area (Å²) in [5.41, 5.74) is 1.05. The quantitative estimate of drug-likeness (QED) is 0.654. The highest BCUT2D eigenvalue weighted by Crippen LogP contribution is 2.24. The van der Waals surface area contributed by atoms with E-state index in [1.54, 1.807) is 17.0 Å². The molecule has 0 radical (unpaired) electrons. The molecule has 0 aliphatic carbocycles. The van der Waals surface area contributed by atoms with Crippen molar-refractivity contribution < 1.29 is 22.0 Å². The molecule has 2 heterocycles. The summed E-state index contributed by atoms with van der Waals surface area (Å²) >= 11 is 0. The molecule has 1 aliphatic heterocycles. The molecule has 3 aromatic rings. The molecule has 29 heavy (non-hydrogen) atoms. The minimum Gasteiger partial charge on any atom is -0.423 e. The predicted octanol–water partition coefficient (Wildman–Crippen LogP) is 2.63. The molecule has 150 valence electrons. The van der Waals surface area contributed by atoms with E-state index in [0.717, 1.165) is 0 Å². The van der Waals surface area contributed by atoms with Crippen LogP contribution >= 0.6 is 0 Å². The molecule has 1 fully saturated rings. The molecule has 2 aromatic carbocycles. The second kappa shape index (κ2) is 7.76. The molecule has 7 nitrogen and oxygen atoms in total. The third kappa shape index (κ3) is 3.92. The number of hydrogen-bond acceptors (Lipinski definition) is 5. The zero-order chi connectivity index (χ0) is 20.4. The van der Waals surface area contributed by atoms with Crippen molar-refractivity contribution in [3.63, 3.8) is 0 Å². The molecule has 9 heteroatoms. The van der Waals surface area contributed by atoms with Crippen molar-refractivity contribution in [2.75, 3.05) is 26.2 Å². The SMILES string of the molecule is O=C(c1ccc(F)cc1)N1CCN(S(=O)(=O)c2cnc(-c3ccccc3)o2)CC1. The molecule has 1 aromatic heterocycles. The second-order valence-electron chi connectivity index (χ2n) is 6.55. The van der Waals surface area contributed by atoms with Crippen molar-refractivity contribution in [3.05, 3.63) is 72.2 Å². The van der Waals surface area contributed by atoms with E-state index in [4.69, 9.17) is 4.42 Å². The Balaban J connectivity index is 1.44. The number of sulfonamides is 1. The number of rotatable bonds is 4. The second-order valence-corrected chi connectivity index (χ2v) is 8.42. The number of carbonyl (C=O) groups is 1. The number of hydrogen-bond donors (Lipinski definition) is 0. The van der Waals surface area contributed by atoms with Gasteiger partial charge in [0, 0.05) is 37.3 Å². The van der Waals surface area contributed by atoms with Crippen LogP contribution in [0.2, 0.25) is 0 Å². The van der Waals surface area contributed by atoms with Crippen molar-refractivity contribution in [1.82, 2.24) is 14.2 Å².